The Labute approximate surface area is 106 Å². The van der Waals surface area contributed by atoms with Crippen LogP contribution in [0.2, 0.25) is 0 Å². The molecule has 0 aliphatic carbocycles. The molecule has 0 bridgehead atoms. The van der Waals surface area contributed by atoms with Gasteiger partial charge in [0.2, 0.25) is 0 Å². The van der Waals surface area contributed by atoms with Gasteiger partial charge in [-0.05, 0) is 18.6 Å². The minimum atomic E-state index is -0.672. The molecule has 0 amide bonds. The first-order valence-corrected chi connectivity index (χ1v) is 5.78. The lowest BCUT2D eigenvalue weighted by atomic mass is 10.0. The van der Waals surface area contributed by atoms with Gasteiger partial charge in [-0.2, -0.15) is 0 Å². The number of hydrogen-bond acceptors (Lipinski definition) is 4. The molecule has 1 aromatic heterocycles. The number of ether oxygens (including phenoxy) is 1. The summed E-state index contributed by atoms with van der Waals surface area (Å²) in [5.74, 6) is 0.781. The number of aliphatic hydroxyl groups excluding tert-OH is 1. The molecule has 4 heteroatoms. The molecule has 1 atom stereocenters. The van der Waals surface area contributed by atoms with Gasteiger partial charge in [0.15, 0.2) is 0 Å². The number of aromatic nitrogens is 2. The lowest BCUT2D eigenvalue weighted by molar-refractivity contribution is 0.172. The van der Waals surface area contributed by atoms with Crippen LogP contribution in [0.5, 0.6) is 5.75 Å². The van der Waals surface area contributed by atoms with Crippen molar-refractivity contribution >= 4 is 0 Å². The van der Waals surface area contributed by atoms with Crippen LogP contribution in [0.15, 0.2) is 36.8 Å². The smallest absolute Gasteiger partial charge is 0.122 e. The van der Waals surface area contributed by atoms with Gasteiger partial charge < -0.3 is 9.84 Å². The molecule has 18 heavy (non-hydrogen) atoms. The van der Waals surface area contributed by atoms with Crippen LogP contribution in [0, 0.1) is 6.92 Å². The lowest BCUT2D eigenvalue weighted by Gasteiger charge is -2.13. The molecule has 1 N–H and O–H groups in total. The molecule has 0 aliphatic heterocycles. The van der Waals surface area contributed by atoms with E-state index in [9.17, 15) is 5.11 Å². The summed E-state index contributed by atoms with van der Waals surface area (Å²) in [5, 5.41) is 10.1. The van der Waals surface area contributed by atoms with Crippen molar-refractivity contribution in [3.63, 3.8) is 0 Å². The second-order valence-electron chi connectivity index (χ2n) is 4.17. The van der Waals surface area contributed by atoms with Crippen LogP contribution in [0.3, 0.4) is 0 Å². The highest BCUT2D eigenvalue weighted by Gasteiger charge is 2.13. The van der Waals surface area contributed by atoms with Crippen molar-refractivity contribution in [1.82, 2.24) is 9.97 Å². The molecule has 94 valence electrons. The summed E-state index contributed by atoms with van der Waals surface area (Å²) in [7, 11) is 1.63. The minimum Gasteiger partial charge on any atom is -0.496 e. The normalized spacial score (nSPS) is 12.2. The number of rotatable bonds is 4. The fourth-order valence-electron chi connectivity index (χ4n) is 1.86. The van der Waals surface area contributed by atoms with E-state index in [1.165, 1.54) is 0 Å². The molecule has 4 nitrogen and oxygen atoms in total. The Bertz CT molecular complexity index is 514. The van der Waals surface area contributed by atoms with Crippen LogP contribution in [0.1, 0.15) is 22.9 Å². The molecule has 2 aromatic rings. The zero-order valence-electron chi connectivity index (χ0n) is 10.5. The van der Waals surface area contributed by atoms with E-state index < -0.39 is 6.10 Å². The standard InChI is InChI=1S/C14H16N2O2/c1-10-3-4-14(18-2)11(7-10)8-13(17)12-9-15-5-6-16-12/h3-7,9,13,17H,8H2,1-2H3. The van der Waals surface area contributed by atoms with Crippen LogP contribution >= 0.6 is 0 Å². The lowest BCUT2D eigenvalue weighted by Crippen LogP contribution is -2.05. The second-order valence-corrected chi connectivity index (χ2v) is 4.17. The summed E-state index contributed by atoms with van der Waals surface area (Å²) in [6.07, 6.45) is 4.53. The molecule has 0 spiro atoms. The zero-order chi connectivity index (χ0) is 13.0. The first-order valence-electron chi connectivity index (χ1n) is 5.78. The third kappa shape index (κ3) is 2.84. The summed E-state index contributed by atoms with van der Waals surface area (Å²) >= 11 is 0. The Morgan fingerprint density at radius 2 is 2.17 bits per heavy atom. The van der Waals surface area contributed by atoms with Crippen molar-refractivity contribution in [2.24, 2.45) is 0 Å². The van der Waals surface area contributed by atoms with E-state index in [4.69, 9.17) is 4.74 Å². The number of nitrogens with zero attached hydrogens (tertiary/aromatic N) is 2. The summed E-state index contributed by atoms with van der Waals surface area (Å²) in [6.45, 7) is 2.01. The molecule has 2 rings (SSSR count). The van der Waals surface area contributed by atoms with Gasteiger partial charge in [0.1, 0.15) is 11.9 Å². The van der Waals surface area contributed by atoms with E-state index >= 15 is 0 Å². The summed E-state index contributed by atoms with van der Waals surface area (Å²) in [4.78, 5) is 8.05. The molecule has 0 fully saturated rings. The quantitative estimate of drug-likeness (QED) is 0.894. The number of methoxy groups -OCH3 is 1. The number of benzene rings is 1. The summed E-state index contributed by atoms with van der Waals surface area (Å²) in [5.41, 5.74) is 2.67. The van der Waals surface area contributed by atoms with Gasteiger partial charge in [-0.25, -0.2) is 0 Å². The topological polar surface area (TPSA) is 55.2 Å². The van der Waals surface area contributed by atoms with Crippen molar-refractivity contribution in [3.8, 4) is 5.75 Å². The molecule has 1 heterocycles. The minimum absolute atomic E-state index is 0.462. The van der Waals surface area contributed by atoms with Crippen molar-refractivity contribution in [1.29, 1.82) is 0 Å². The summed E-state index contributed by atoms with van der Waals surface area (Å²) < 4.78 is 5.29. The van der Waals surface area contributed by atoms with Crippen LogP contribution in [0.4, 0.5) is 0 Å². The van der Waals surface area contributed by atoms with Gasteiger partial charge >= 0.3 is 0 Å². The monoisotopic (exact) mass is 244 g/mol. The Balaban J connectivity index is 2.21. The van der Waals surface area contributed by atoms with Gasteiger partial charge in [0.25, 0.3) is 0 Å². The number of hydrogen-bond donors (Lipinski definition) is 1. The Morgan fingerprint density at radius 3 is 2.83 bits per heavy atom. The Kier molecular flexibility index (Phi) is 3.89. The molecule has 1 unspecified atom stereocenters. The fraction of sp³-hybridized carbons (Fsp3) is 0.286. The van der Waals surface area contributed by atoms with E-state index in [0.29, 0.717) is 12.1 Å². The SMILES string of the molecule is COc1ccc(C)cc1CC(O)c1cnccn1. The predicted octanol–water partition coefficient (Wildman–Crippen LogP) is 2.07. The highest BCUT2D eigenvalue weighted by molar-refractivity contribution is 5.37. The second kappa shape index (κ2) is 5.60. The fourth-order valence-corrected chi connectivity index (χ4v) is 1.86. The van der Waals surface area contributed by atoms with Crippen molar-refractivity contribution in [2.45, 2.75) is 19.4 Å². The van der Waals surface area contributed by atoms with E-state index in [-0.39, 0.29) is 0 Å². The van der Waals surface area contributed by atoms with Gasteiger partial charge in [-0.3, -0.25) is 9.97 Å². The van der Waals surface area contributed by atoms with Gasteiger partial charge in [0, 0.05) is 18.8 Å². The summed E-state index contributed by atoms with van der Waals surface area (Å²) in [6, 6.07) is 5.91. The molecule has 0 aliphatic rings. The number of aryl methyl sites for hydroxylation is 1. The van der Waals surface area contributed by atoms with E-state index in [2.05, 4.69) is 9.97 Å². The maximum absolute atomic E-state index is 10.1. The molecule has 0 radical (unpaired) electrons. The van der Waals surface area contributed by atoms with Crippen LogP contribution in [-0.4, -0.2) is 22.2 Å². The molecule has 0 saturated heterocycles. The predicted molar refractivity (Wildman–Crippen MR) is 68.4 cm³/mol. The van der Waals surface area contributed by atoms with Crippen molar-refractivity contribution < 1.29 is 9.84 Å². The van der Waals surface area contributed by atoms with E-state index in [0.717, 1.165) is 16.9 Å². The van der Waals surface area contributed by atoms with E-state index in [1.807, 2.05) is 25.1 Å². The van der Waals surface area contributed by atoms with Crippen LogP contribution in [-0.2, 0) is 6.42 Å². The average molecular weight is 244 g/mol. The van der Waals surface area contributed by atoms with E-state index in [1.54, 1.807) is 25.7 Å². The highest BCUT2D eigenvalue weighted by Crippen LogP contribution is 2.25. The van der Waals surface area contributed by atoms with Crippen LogP contribution < -0.4 is 4.74 Å². The van der Waals surface area contributed by atoms with Crippen molar-refractivity contribution in [2.75, 3.05) is 7.11 Å². The third-order valence-corrected chi connectivity index (χ3v) is 2.77. The first kappa shape index (κ1) is 12.5. The average Bonchev–Trinajstić information content (AvgIpc) is 2.40. The zero-order valence-corrected chi connectivity index (χ0v) is 10.5. The maximum Gasteiger partial charge on any atom is 0.122 e. The van der Waals surface area contributed by atoms with Gasteiger partial charge in [-0.1, -0.05) is 17.7 Å². The largest absolute Gasteiger partial charge is 0.496 e. The maximum atomic E-state index is 10.1. The molecule has 0 saturated carbocycles. The Hall–Kier alpha value is -1.94. The first-order chi connectivity index (χ1) is 8.70. The Morgan fingerprint density at radius 1 is 1.33 bits per heavy atom. The van der Waals surface area contributed by atoms with Crippen LogP contribution in [0.25, 0.3) is 0 Å². The number of aliphatic hydroxyl groups is 1. The third-order valence-electron chi connectivity index (χ3n) is 2.77. The van der Waals surface area contributed by atoms with Crippen molar-refractivity contribution in [3.05, 3.63) is 53.6 Å². The highest BCUT2D eigenvalue weighted by atomic mass is 16.5. The van der Waals surface area contributed by atoms with Gasteiger partial charge in [0.05, 0.1) is 19.0 Å². The molecule has 1 aromatic carbocycles. The molecular formula is C14H16N2O2. The molecular weight excluding hydrogens is 228 g/mol. The van der Waals surface area contributed by atoms with Gasteiger partial charge in [-0.15, -0.1) is 0 Å².